The van der Waals surface area contributed by atoms with E-state index >= 15 is 0 Å². The number of hydrogen-bond acceptors (Lipinski definition) is 9. The van der Waals surface area contributed by atoms with Crippen LogP contribution in [0.5, 0.6) is 0 Å². The molecule has 0 radical (unpaired) electrons. The molecule has 1 amide bonds. The summed E-state index contributed by atoms with van der Waals surface area (Å²) in [4.78, 5) is 38.5. The van der Waals surface area contributed by atoms with Gasteiger partial charge in [0.1, 0.15) is 5.82 Å². The van der Waals surface area contributed by atoms with Crippen LogP contribution in [-0.2, 0) is 11.2 Å². The second-order valence-electron chi connectivity index (χ2n) is 7.67. The van der Waals surface area contributed by atoms with E-state index in [-0.39, 0.29) is 5.91 Å². The van der Waals surface area contributed by atoms with E-state index in [2.05, 4.69) is 52.4 Å². The van der Waals surface area contributed by atoms with E-state index in [1.54, 1.807) is 6.20 Å². The average molecular weight is 434 g/mol. The highest BCUT2D eigenvalue weighted by Gasteiger charge is 2.18. The van der Waals surface area contributed by atoms with Gasteiger partial charge in [-0.05, 0) is 25.2 Å². The number of hydrogen-bond donors (Lipinski definition) is 2. The number of likely N-dealkylation sites (N-methyl/N-ethyl adjacent to an activating group) is 1. The predicted octanol–water partition coefficient (Wildman–Crippen LogP) is 2.34. The molecular weight excluding hydrogens is 406 g/mol. The number of anilines is 4. The standard InChI is InChI=1S/C22H27N9O/c1-4-19-26-21(29-22(27-19)31-12-10-30(3)11-13-31)28-20-23-9-8-18(25-20)16-6-5-7-17(14-16)24-15(2)32/h5-9,14H,4,10-13H2,1-3H3,(H,24,32)(H,23,25,26,27,28,29). The van der Waals surface area contributed by atoms with Gasteiger partial charge in [-0.1, -0.05) is 19.1 Å². The maximum Gasteiger partial charge on any atom is 0.234 e. The van der Waals surface area contributed by atoms with Crippen LogP contribution in [0.25, 0.3) is 11.3 Å². The van der Waals surface area contributed by atoms with Crippen LogP contribution in [0.3, 0.4) is 0 Å². The largest absolute Gasteiger partial charge is 0.338 e. The highest BCUT2D eigenvalue weighted by atomic mass is 16.1. The third-order valence-electron chi connectivity index (χ3n) is 5.13. The first-order valence-electron chi connectivity index (χ1n) is 10.7. The zero-order valence-electron chi connectivity index (χ0n) is 18.5. The Morgan fingerprint density at radius 1 is 1.03 bits per heavy atom. The van der Waals surface area contributed by atoms with Crippen molar-refractivity contribution in [3.8, 4) is 11.3 Å². The number of piperazine rings is 1. The highest BCUT2D eigenvalue weighted by molar-refractivity contribution is 5.89. The average Bonchev–Trinajstić information content (AvgIpc) is 2.79. The minimum atomic E-state index is -0.120. The fourth-order valence-corrected chi connectivity index (χ4v) is 3.41. The van der Waals surface area contributed by atoms with Crippen LogP contribution < -0.4 is 15.5 Å². The first-order valence-corrected chi connectivity index (χ1v) is 10.7. The number of nitrogens with one attached hydrogen (secondary N) is 2. The van der Waals surface area contributed by atoms with Crippen LogP contribution >= 0.6 is 0 Å². The molecule has 0 aliphatic carbocycles. The SMILES string of the molecule is CCc1nc(Nc2nccc(-c3cccc(NC(C)=O)c3)n2)nc(N2CCN(C)CC2)n1. The van der Waals surface area contributed by atoms with Crippen LogP contribution in [0, 0.1) is 0 Å². The fourth-order valence-electron chi connectivity index (χ4n) is 3.41. The summed E-state index contributed by atoms with van der Waals surface area (Å²) < 4.78 is 0. The van der Waals surface area contributed by atoms with Crippen molar-refractivity contribution >= 4 is 29.4 Å². The van der Waals surface area contributed by atoms with Gasteiger partial charge in [0.05, 0.1) is 5.69 Å². The molecule has 2 aromatic heterocycles. The summed E-state index contributed by atoms with van der Waals surface area (Å²) in [6, 6.07) is 9.33. The Hall–Kier alpha value is -3.66. The van der Waals surface area contributed by atoms with E-state index in [9.17, 15) is 4.79 Å². The number of carbonyl (C=O) groups excluding carboxylic acids is 1. The summed E-state index contributed by atoms with van der Waals surface area (Å²) in [5.41, 5.74) is 2.30. The van der Waals surface area contributed by atoms with E-state index in [1.165, 1.54) is 6.92 Å². The van der Waals surface area contributed by atoms with Crippen LogP contribution in [-0.4, -0.2) is 69.0 Å². The van der Waals surface area contributed by atoms with Crippen molar-refractivity contribution < 1.29 is 4.79 Å². The summed E-state index contributed by atoms with van der Waals surface area (Å²) in [6.45, 7) is 7.19. The number of aromatic nitrogens is 5. The molecule has 1 saturated heterocycles. The van der Waals surface area contributed by atoms with Gasteiger partial charge in [-0.2, -0.15) is 15.0 Å². The van der Waals surface area contributed by atoms with Crippen LogP contribution in [0.15, 0.2) is 36.5 Å². The molecule has 10 heteroatoms. The summed E-state index contributed by atoms with van der Waals surface area (Å²) in [5.74, 6) is 2.09. The Kier molecular flexibility index (Phi) is 6.50. The highest BCUT2D eigenvalue weighted by Crippen LogP contribution is 2.22. The number of amides is 1. The van der Waals surface area contributed by atoms with Crippen molar-refractivity contribution in [1.29, 1.82) is 0 Å². The molecule has 10 nitrogen and oxygen atoms in total. The lowest BCUT2D eigenvalue weighted by Gasteiger charge is -2.32. The van der Waals surface area contributed by atoms with Crippen LogP contribution in [0.2, 0.25) is 0 Å². The lowest BCUT2D eigenvalue weighted by atomic mass is 10.1. The molecule has 32 heavy (non-hydrogen) atoms. The van der Waals surface area contributed by atoms with E-state index in [1.807, 2.05) is 37.3 Å². The van der Waals surface area contributed by atoms with Crippen molar-refractivity contribution in [3.63, 3.8) is 0 Å². The minimum Gasteiger partial charge on any atom is -0.338 e. The molecule has 1 aliphatic heterocycles. The number of benzene rings is 1. The van der Waals surface area contributed by atoms with Crippen molar-refractivity contribution in [1.82, 2.24) is 29.8 Å². The van der Waals surface area contributed by atoms with Gasteiger partial charge in [0.2, 0.25) is 23.8 Å². The monoisotopic (exact) mass is 433 g/mol. The quantitative estimate of drug-likeness (QED) is 0.605. The molecule has 4 rings (SSSR count). The Morgan fingerprint density at radius 3 is 2.59 bits per heavy atom. The van der Waals surface area contributed by atoms with Crippen LogP contribution in [0.1, 0.15) is 19.7 Å². The Labute approximate surface area is 187 Å². The Balaban J connectivity index is 1.57. The summed E-state index contributed by atoms with van der Waals surface area (Å²) in [6.07, 6.45) is 2.38. The summed E-state index contributed by atoms with van der Waals surface area (Å²) in [5, 5.41) is 5.92. The lowest BCUT2D eigenvalue weighted by molar-refractivity contribution is -0.114. The third kappa shape index (κ3) is 5.33. The topological polar surface area (TPSA) is 112 Å². The van der Waals surface area contributed by atoms with Crippen molar-refractivity contribution in [3.05, 3.63) is 42.4 Å². The fraction of sp³-hybridized carbons (Fsp3) is 0.364. The van der Waals surface area contributed by atoms with Gasteiger partial charge in [0.15, 0.2) is 0 Å². The number of rotatable bonds is 6. The van der Waals surface area contributed by atoms with Gasteiger partial charge >= 0.3 is 0 Å². The molecule has 0 bridgehead atoms. The van der Waals surface area contributed by atoms with Crippen molar-refractivity contribution in [2.75, 3.05) is 48.8 Å². The Bertz CT molecular complexity index is 1100. The molecule has 166 valence electrons. The van der Waals surface area contributed by atoms with Gasteiger partial charge in [-0.25, -0.2) is 9.97 Å². The first-order chi connectivity index (χ1) is 15.5. The molecule has 1 fully saturated rings. The normalized spacial score (nSPS) is 14.3. The van der Waals surface area contributed by atoms with E-state index < -0.39 is 0 Å². The maximum absolute atomic E-state index is 11.4. The van der Waals surface area contributed by atoms with Gasteiger partial charge in [0.25, 0.3) is 0 Å². The predicted molar refractivity (Wildman–Crippen MR) is 124 cm³/mol. The Morgan fingerprint density at radius 2 is 1.84 bits per heavy atom. The molecule has 1 aliphatic rings. The third-order valence-corrected chi connectivity index (χ3v) is 5.13. The van der Waals surface area contributed by atoms with Gasteiger partial charge in [-0.3, -0.25) is 10.1 Å². The smallest absolute Gasteiger partial charge is 0.234 e. The number of carbonyl (C=O) groups is 1. The molecule has 0 unspecified atom stereocenters. The van der Waals surface area contributed by atoms with Gasteiger partial charge in [0, 0.05) is 57.0 Å². The molecule has 3 aromatic rings. The number of aryl methyl sites for hydroxylation is 1. The number of nitrogens with zero attached hydrogens (tertiary/aromatic N) is 7. The lowest BCUT2D eigenvalue weighted by Crippen LogP contribution is -2.45. The summed E-state index contributed by atoms with van der Waals surface area (Å²) >= 11 is 0. The molecule has 0 saturated carbocycles. The molecule has 3 heterocycles. The second kappa shape index (κ2) is 9.65. The summed E-state index contributed by atoms with van der Waals surface area (Å²) in [7, 11) is 2.12. The zero-order chi connectivity index (χ0) is 22.5. The van der Waals surface area contributed by atoms with Crippen LogP contribution in [0.4, 0.5) is 23.5 Å². The zero-order valence-corrected chi connectivity index (χ0v) is 18.5. The van der Waals surface area contributed by atoms with Gasteiger partial charge < -0.3 is 15.1 Å². The molecule has 2 N–H and O–H groups in total. The van der Waals surface area contributed by atoms with E-state index in [0.717, 1.165) is 43.3 Å². The van der Waals surface area contributed by atoms with E-state index in [4.69, 9.17) is 0 Å². The minimum absolute atomic E-state index is 0.120. The maximum atomic E-state index is 11.4. The van der Waals surface area contributed by atoms with E-state index in [0.29, 0.717) is 30.0 Å². The van der Waals surface area contributed by atoms with Crippen molar-refractivity contribution in [2.24, 2.45) is 0 Å². The van der Waals surface area contributed by atoms with Crippen molar-refractivity contribution in [2.45, 2.75) is 20.3 Å². The first kappa shape index (κ1) is 21.6. The van der Waals surface area contributed by atoms with Gasteiger partial charge in [-0.15, -0.1) is 0 Å². The second-order valence-corrected chi connectivity index (χ2v) is 7.67. The molecule has 0 spiro atoms. The molecule has 0 atom stereocenters. The molecule has 1 aromatic carbocycles. The molecular formula is C22H27N9O.